The molecule has 5 heterocycles. The molecule has 4 saturated heterocycles. The average Bonchev–Trinajstić information content (AvgIpc) is 3.73. The molecule has 6 rings (SSSR count). The predicted molar refractivity (Wildman–Crippen MR) is 237 cm³/mol. The van der Waals surface area contributed by atoms with Crippen molar-refractivity contribution in [3.63, 3.8) is 0 Å². The first-order valence-corrected chi connectivity index (χ1v) is 23.4. The highest BCUT2D eigenvalue weighted by atomic mass is 16.7. The first-order chi connectivity index (χ1) is 30.9. The highest BCUT2D eigenvalue weighted by Crippen LogP contribution is 2.43. The zero-order valence-electron chi connectivity index (χ0n) is 40.8. The molecule has 66 heavy (non-hydrogen) atoms. The van der Waals surface area contributed by atoms with Crippen LogP contribution in [-0.2, 0) is 47.5 Å². The van der Waals surface area contributed by atoms with Crippen molar-refractivity contribution in [1.82, 2.24) is 15.1 Å². The summed E-state index contributed by atoms with van der Waals surface area (Å²) in [4.78, 5) is 71.6. The van der Waals surface area contributed by atoms with Crippen molar-refractivity contribution in [2.75, 3.05) is 34.4 Å². The topological polar surface area (TPSA) is 218 Å². The lowest BCUT2D eigenvalue weighted by atomic mass is 9.73. The third-order valence-electron chi connectivity index (χ3n) is 15.3. The van der Waals surface area contributed by atoms with Crippen LogP contribution in [-0.4, -0.2) is 168 Å². The number of hydrogen-bond donors (Lipinski definition) is 3. The summed E-state index contributed by atoms with van der Waals surface area (Å²) >= 11 is 0. The number of nitrogens with zero attached hydrogens (tertiary/aromatic N) is 2. The van der Waals surface area contributed by atoms with Gasteiger partial charge < -0.3 is 53.4 Å². The number of methoxy groups -OCH3 is 2. The summed E-state index contributed by atoms with van der Waals surface area (Å²) in [7, 11) is 4.80. The second kappa shape index (κ2) is 20.2. The molecule has 4 fully saturated rings. The fourth-order valence-electron chi connectivity index (χ4n) is 11.1. The minimum Gasteiger partial charge on any atom is -0.458 e. The zero-order chi connectivity index (χ0) is 48.8. The number of benzene rings is 1. The molecule has 1 unspecified atom stereocenters. The molecule has 18 heteroatoms. The van der Waals surface area contributed by atoms with Crippen LogP contribution in [0.1, 0.15) is 116 Å². The molecule has 0 spiro atoms. The largest absolute Gasteiger partial charge is 0.458 e. The number of ether oxygens (including phenoxy) is 8. The Morgan fingerprint density at radius 3 is 2.08 bits per heavy atom. The Balaban J connectivity index is 1.36. The van der Waals surface area contributed by atoms with Gasteiger partial charge in [0.15, 0.2) is 18.2 Å². The van der Waals surface area contributed by atoms with Crippen molar-refractivity contribution in [3.05, 3.63) is 35.4 Å². The maximum absolute atomic E-state index is 14.6. The van der Waals surface area contributed by atoms with Gasteiger partial charge in [0.05, 0.1) is 58.7 Å². The van der Waals surface area contributed by atoms with E-state index in [0.29, 0.717) is 17.5 Å². The van der Waals surface area contributed by atoms with Gasteiger partial charge in [0, 0.05) is 57.5 Å². The monoisotopic (exact) mass is 932 g/mol. The minimum absolute atomic E-state index is 0.0846. The van der Waals surface area contributed by atoms with E-state index in [-0.39, 0.29) is 49.9 Å². The number of imide groups is 1. The van der Waals surface area contributed by atoms with Crippen LogP contribution >= 0.6 is 0 Å². The number of nitrogens with one attached hydrogen (secondary N) is 1. The highest BCUT2D eigenvalue weighted by Gasteiger charge is 2.58. The Labute approximate surface area is 388 Å². The quantitative estimate of drug-likeness (QED) is 0.212. The zero-order valence-corrected chi connectivity index (χ0v) is 40.8. The van der Waals surface area contributed by atoms with Crippen molar-refractivity contribution in [2.45, 2.75) is 179 Å². The van der Waals surface area contributed by atoms with Crippen LogP contribution in [0.5, 0.6) is 0 Å². The number of carbonyl (C=O) groups excluding carboxylic acids is 5. The summed E-state index contributed by atoms with van der Waals surface area (Å²) < 4.78 is 50.9. The van der Waals surface area contributed by atoms with Gasteiger partial charge in [0.2, 0.25) is 0 Å². The average molecular weight is 932 g/mol. The number of cyclic esters (lactones) is 1. The number of Topliss-reactive ketones (excluding diaryl/α,β-unsaturated/α-hetero) is 1. The standard InChI is InChI=1S/C48H73N3O15/c1-14-33-48(10)38(49-45(58)66-48)26(4)35(52)24(2)22-47(9,60-13)40(27(5)37(28(6)43(57)63-33)64-34-23-46(8,59-12)39(54)29(7)62-34)65-44-36(53)32(21-25(3)61-44)50(11)19-20-51-41(55)30-17-15-16-18-31(30)42(51)56/h15-18,24-29,32-34,36-40,44,53-54H,14,19-23H2,1-13H3,(H,49,58)/t24-,25-,26+,27+,28-,29+,32+,33-,34?,36-,37+,38-,39+,40-,44+,46-,47+,48-/m1/s1. The smallest absolute Gasteiger partial charge is 0.408 e. The molecule has 3 N–H and O–H groups in total. The van der Waals surface area contributed by atoms with Crippen LogP contribution in [0.15, 0.2) is 24.3 Å². The van der Waals surface area contributed by atoms with E-state index in [1.807, 2.05) is 18.7 Å². The van der Waals surface area contributed by atoms with Crippen LogP contribution in [0.3, 0.4) is 0 Å². The number of fused-ring (bicyclic) bond motifs is 2. The van der Waals surface area contributed by atoms with Crippen LogP contribution in [0.25, 0.3) is 0 Å². The molecular formula is C48H73N3O15. The molecule has 18 nitrogen and oxygen atoms in total. The van der Waals surface area contributed by atoms with E-state index >= 15 is 0 Å². The number of rotatable bonds is 11. The van der Waals surface area contributed by atoms with E-state index < -0.39 is 120 Å². The molecule has 0 bridgehead atoms. The van der Waals surface area contributed by atoms with Gasteiger partial charge in [-0.2, -0.15) is 0 Å². The Bertz CT molecular complexity index is 1920. The number of ketones is 1. The fraction of sp³-hybridized carbons (Fsp3) is 0.771. The molecule has 18 atom stereocenters. The van der Waals surface area contributed by atoms with Gasteiger partial charge in [0.1, 0.15) is 24.1 Å². The third-order valence-corrected chi connectivity index (χ3v) is 15.3. The van der Waals surface area contributed by atoms with Crippen molar-refractivity contribution < 1.29 is 72.1 Å². The van der Waals surface area contributed by atoms with E-state index in [2.05, 4.69) is 5.32 Å². The maximum atomic E-state index is 14.6. The maximum Gasteiger partial charge on any atom is 0.408 e. The van der Waals surface area contributed by atoms with Gasteiger partial charge in [0.25, 0.3) is 11.8 Å². The molecule has 0 aliphatic carbocycles. The number of likely N-dealkylation sites (N-methyl/N-ethyl adjacent to an activating group) is 1. The van der Waals surface area contributed by atoms with Gasteiger partial charge in [-0.05, 0) is 80.0 Å². The van der Waals surface area contributed by atoms with Gasteiger partial charge in [-0.15, -0.1) is 0 Å². The summed E-state index contributed by atoms with van der Waals surface area (Å²) in [5, 5.41) is 26.1. The predicted octanol–water partition coefficient (Wildman–Crippen LogP) is 3.86. The lowest BCUT2D eigenvalue weighted by Gasteiger charge is -2.50. The number of esters is 1. The SMILES string of the molecule is CC[C@H]1OC(=O)[C@H](C)[C@@H](OC2C[C@@](C)(OC)[C@@H](O)[C@H](C)O2)[C@H](C)[C@@H](O[C@@H]2O[C@H](C)C[C@H](N(C)CCN3C(=O)c4ccccc4C3=O)[C@H]2O)[C@@](C)(OC)C[C@@H](C)C(=O)[C@H](C)[C@H]2NC(=O)O[C@@]21C. The molecular weight excluding hydrogens is 859 g/mol. The molecule has 1 aromatic carbocycles. The van der Waals surface area contributed by atoms with Gasteiger partial charge in [-0.25, -0.2) is 4.79 Å². The number of amides is 3. The first-order valence-electron chi connectivity index (χ1n) is 23.4. The van der Waals surface area contributed by atoms with Crippen LogP contribution in [0.2, 0.25) is 0 Å². The van der Waals surface area contributed by atoms with Crippen LogP contribution in [0.4, 0.5) is 4.79 Å². The molecule has 370 valence electrons. The summed E-state index contributed by atoms with van der Waals surface area (Å²) in [6, 6.07) is 5.29. The van der Waals surface area contributed by atoms with Crippen molar-refractivity contribution in [3.8, 4) is 0 Å². The summed E-state index contributed by atoms with van der Waals surface area (Å²) in [5.41, 5.74) is -3.11. The van der Waals surface area contributed by atoms with E-state index in [0.717, 1.165) is 0 Å². The van der Waals surface area contributed by atoms with Crippen molar-refractivity contribution >= 4 is 29.7 Å². The lowest BCUT2D eigenvalue weighted by Crippen LogP contribution is -2.62. The number of aliphatic hydroxyl groups excluding tert-OH is 2. The van der Waals surface area contributed by atoms with E-state index in [1.165, 1.54) is 19.1 Å². The fourth-order valence-corrected chi connectivity index (χ4v) is 11.1. The van der Waals surface area contributed by atoms with Crippen LogP contribution < -0.4 is 5.32 Å². The van der Waals surface area contributed by atoms with Crippen molar-refractivity contribution in [2.24, 2.45) is 23.7 Å². The Kier molecular flexibility index (Phi) is 15.8. The third kappa shape index (κ3) is 9.81. The molecule has 5 aliphatic heterocycles. The lowest BCUT2D eigenvalue weighted by molar-refractivity contribution is -0.319. The Hall–Kier alpha value is -3.59. The number of hydrogen-bond acceptors (Lipinski definition) is 16. The van der Waals surface area contributed by atoms with Gasteiger partial charge >= 0.3 is 12.1 Å². The van der Waals surface area contributed by atoms with Crippen molar-refractivity contribution in [1.29, 1.82) is 0 Å². The van der Waals surface area contributed by atoms with Gasteiger partial charge in [-0.3, -0.25) is 29.0 Å². The normalized spacial score (nSPS) is 42.6. The number of carbonyl (C=O) groups is 5. The summed E-state index contributed by atoms with van der Waals surface area (Å²) in [5.74, 6) is -4.93. The molecule has 1 aromatic rings. The van der Waals surface area contributed by atoms with Gasteiger partial charge in [-0.1, -0.05) is 39.8 Å². The van der Waals surface area contributed by atoms with E-state index in [4.69, 9.17) is 37.9 Å². The summed E-state index contributed by atoms with van der Waals surface area (Å²) in [6.45, 7) is 17.9. The highest BCUT2D eigenvalue weighted by molar-refractivity contribution is 6.21. The molecule has 0 aromatic heterocycles. The van der Waals surface area contributed by atoms with E-state index in [9.17, 15) is 34.2 Å². The summed E-state index contributed by atoms with van der Waals surface area (Å²) in [6.07, 6.45) is -8.69. The Morgan fingerprint density at radius 1 is 0.864 bits per heavy atom. The first kappa shape index (κ1) is 51.8. The molecule has 3 amide bonds. The Morgan fingerprint density at radius 2 is 1.48 bits per heavy atom. The number of alkyl carbamates (subject to hydrolysis) is 1. The van der Waals surface area contributed by atoms with Crippen LogP contribution in [0, 0.1) is 23.7 Å². The minimum atomic E-state index is -1.41. The molecule has 0 saturated carbocycles. The second-order valence-electron chi connectivity index (χ2n) is 20.0. The molecule has 5 aliphatic rings. The molecule has 0 radical (unpaired) electrons. The number of aliphatic hydroxyl groups is 2. The second-order valence-corrected chi connectivity index (χ2v) is 20.0. The van der Waals surface area contributed by atoms with E-state index in [1.54, 1.807) is 86.7 Å².